The SMILES string of the molecule is CC(C)(C)c1ccc(N(c2ccc(C(C)(C)C)cc2)c2cc3c4c(c2)N(c2ccc(C(C)(C)C)cc2-c2ccccc2)c2cc5c(cc2B4c2cc4c(cc2N3c2ccc3c(c2)C(C)(C)CCC3(C)C)C(C)(C)CCC4(C)C)sc2c(C(C)(C)C)cccc25)cc1. The molecule has 2 aliphatic carbocycles. The zero-order valence-electron chi connectivity index (χ0n) is 58.3. The molecule has 0 N–H and O–H groups in total. The van der Waals surface area contributed by atoms with Gasteiger partial charge in [-0.1, -0.05) is 229 Å². The molecule has 2 aliphatic heterocycles. The van der Waals surface area contributed by atoms with Crippen molar-refractivity contribution >= 4 is 106 Å². The first kappa shape index (κ1) is 61.2. The molecule has 0 saturated carbocycles. The largest absolute Gasteiger partial charge is 0.311 e. The molecular weight excluding hydrogens is 1120 g/mol. The quantitative estimate of drug-likeness (QED) is 0.154. The Morgan fingerprint density at radius 2 is 0.890 bits per heavy atom. The van der Waals surface area contributed by atoms with Crippen LogP contribution in [0.2, 0.25) is 0 Å². The third kappa shape index (κ3) is 10.1. The molecule has 9 aromatic carbocycles. The molecule has 0 spiro atoms. The Bertz CT molecular complexity index is 4500. The molecule has 0 bridgehead atoms. The van der Waals surface area contributed by atoms with Crippen LogP contribution in [0.15, 0.2) is 170 Å². The Morgan fingerprint density at radius 1 is 0.385 bits per heavy atom. The lowest BCUT2D eigenvalue weighted by Crippen LogP contribution is -2.62. The number of nitrogens with zero attached hydrogens (tertiary/aromatic N) is 3. The second-order valence-electron chi connectivity index (χ2n) is 34.4. The van der Waals surface area contributed by atoms with Crippen LogP contribution in [0.4, 0.5) is 51.2 Å². The van der Waals surface area contributed by atoms with Gasteiger partial charge in [-0.3, -0.25) is 0 Å². The van der Waals surface area contributed by atoms with E-state index in [-0.39, 0.29) is 50.0 Å². The standard InChI is InChI=1S/C86H96BN3S/c1-79(2,3)54-29-34-57(35-30-54)88(58-36-31-55(32-37-58)80(4,5)6)60-47-74-77-75(48-60)90(71-40-33-56(81(7,8)9)45-62(71)53-25-22-21-23-26-53)72-49-63-61-27-24-28-65(82(10,11)12)78(61)91-76(63)52-70(72)87(77)69-50-67-68(86(19,20)44-43-85(67,17)18)51-73(69)89(74)59-38-39-64-66(46-59)84(15,16)42-41-83(64,13)14/h21-40,45-52H,41-44H2,1-20H3. The summed E-state index contributed by atoms with van der Waals surface area (Å²) in [7, 11) is 0. The van der Waals surface area contributed by atoms with Crippen molar-refractivity contribution in [3.63, 3.8) is 0 Å². The molecule has 464 valence electrons. The van der Waals surface area contributed by atoms with E-state index < -0.39 is 0 Å². The minimum Gasteiger partial charge on any atom is -0.311 e. The van der Waals surface area contributed by atoms with Gasteiger partial charge in [-0.15, -0.1) is 11.3 Å². The van der Waals surface area contributed by atoms with E-state index in [4.69, 9.17) is 0 Å². The van der Waals surface area contributed by atoms with Crippen LogP contribution < -0.4 is 31.1 Å². The van der Waals surface area contributed by atoms with Crippen molar-refractivity contribution in [1.82, 2.24) is 0 Å². The molecule has 14 rings (SSSR count). The molecule has 0 atom stereocenters. The summed E-state index contributed by atoms with van der Waals surface area (Å²) in [5.41, 5.74) is 28.3. The van der Waals surface area contributed by atoms with Gasteiger partial charge in [0.05, 0.1) is 11.4 Å². The Hall–Kier alpha value is -7.34. The maximum Gasteiger partial charge on any atom is 0.252 e. The minimum absolute atomic E-state index is 0.00827. The summed E-state index contributed by atoms with van der Waals surface area (Å²) in [5.74, 6) is 0. The monoisotopic (exact) mass is 1210 g/mol. The molecule has 0 unspecified atom stereocenters. The molecule has 3 nitrogen and oxygen atoms in total. The van der Waals surface area contributed by atoms with Crippen molar-refractivity contribution in [1.29, 1.82) is 0 Å². The summed E-state index contributed by atoms with van der Waals surface area (Å²) in [6.45, 7) is 48.0. The van der Waals surface area contributed by atoms with Crippen LogP contribution >= 0.6 is 11.3 Å². The number of fused-ring (bicyclic) bond motifs is 9. The van der Waals surface area contributed by atoms with Crippen molar-refractivity contribution in [3.8, 4) is 11.1 Å². The molecule has 4 aliphatic rings. The number of anilines is 9. The Kier molecular flexibility index (Phi) is 13.8. The highest BCUT2D eigenvalue weighted by Gasteiger charge is 2.48. The highest BCUT2D eigenvalue weighted by Crippen LogP contribution is 2.56. The van der Waals surface area contributed by atoms with Crippen LogP contribution in [0.3, 0.4) is 0 Å². The number of rotatable bonds is 6. The molecular formula is C86H96BN3S. The average Bonchev–Trinajstić information content (AvgIpc) is 1.29. The average molecular weight is 1210 g/mol. The number of thiophene rings is 1. The highest BCUT2D eigenvalue weighted by molar-refractivity contribution is 7.26. The van der Waals surface area contributed by atoms with Gasteiger partial charge in [0.2, 0.25) is 0 Å². The first-order valence-electron chi connectivity index (χ1n) is 33.9. The highest BCUT2D eigenvalue weighted by atomic mass is 32.1. The second-order valence-corrected chi connectivity index (χ2v) is 35.5. The lowest BCUT2D eigenvalue weighted by atomic mass is 9.33. The zero-order chi connectivity index (χ0) is 64.7. The van der Waals surface area contributed by atoms with E-state index in [0.29, 0.717) is 0 Å². The normalized spacial score (nSPS) is 17.1. The molecule has 0 radical (unpaired) electrons. The Balaban J connectivity index is 1.18. The fourth-order valence-electron chi connectivity index (χ4n) is 16.0. The minimum atomic E-state index is -0.105. The van der Waals surface area contributed by atoms with E-state index in [1.54, 1.807) is 0 Å². The van der Waals surface area contributed by atoms with Crippen molar-refractivity contribution in [2.75, 3.05) is 14.7 Å². The van der Waals surface area contributed by atoms with E-state index in [2.05, 4.69) is 323 Å². The smallest absolute Gasteiger partial charge is 0.252 e. The van der Waals surface area contributed by atoms with Crippen LogP contribution in [0, 0.1) is 0 Å². The topological polar surface area (TPSA) is 9.72 Å². The first-order valence-corrected chi connectivity index (χ1v) is 34.8. The number of hydrogen-bond acceptors (Lipinski definition) is 4. The number of hydrogen-bond donors (Lipinski definition) is 0. The van der Waals surface area contributed by atoms with Gasteiger partial charge < -0.3 is 14.7 Å². The van der Waals surface area contributed by atoms with E-state index in [1.807, 2.05) is 11.3 Å². The summed E-state index contributed by atoms with van der Waals surface area (Å²) in [6, 6.07) is 68.2. The molecule has 5 heteroatoms. The van der Waals surface area contributed by atoms with Crippen molar-refractivity contribution in [2.45, 2.75) is 207 Å². The Morgan fingerprint density at radius 3 is 1.45 bits per heavy atom. The first-order chi connectivity index (χ1) is 42.6. The molecule has 0 saturated heterocycles. The molecule has 0 amide bonds. The lowest BCUT2D eigenvalue weighted by molar-refractivity contribution is 0.332. The predicted octanol–water partition coefficient (Wildman–Crippen LogP) is 23.2. The maximum absolute atomic E-state index is 2.76. The van der Waals surface area contributed by atoms with Gasteiger partial charge in [0.15, 0.2) is 0 Å². The molecule has 1 aromatic heterocycles. The van der Waals surface area contributed by atoms with Gasteiger partial charge >= 0.3 is 0 Å². The zero-order valence-corrected chi connectivity index (χ0v) is 59.1. The third-order valence-corrected chi connectivity index (χ3v) is 23.2. The predicted molar refractivity (Wildman–Crippen MR) is 399 cm³/mol. The van der Waals surface area contributed by atoms with Crippen LogP contribution in [0.25, 0.3) is 31.3 Å². The van der Waals surface area contributed by atoms with Gasteiger partial charge in [0.1, 0.15) is 0 Å². The second kappa shape index (κ2) is 20.6. The van der Waals surface area contributed by atoms with E-state index in [1.165, 1.54) is 126 Å². The van der Waals surface area contributed by atoms with Crippen molar-refractivity contribution in [3.05, 3.63) is 214 Å². The van der Waals surface area contributed by atoms with E-state index >= 15 is 0 Å². The molecule has 0 fully saturated rings. The van der Waals surface area contributed by atoms with E-state index in [9.17, 15) is 0 Å². The van der Waals surface area contributed by atoms with Gasteiger partial charge in [-0.2, -0.15) is 0 Å². The van der Waals surface area contributed by atoms with Gasteiger partial charge in [0, 0.05) is 65.5 Å². The summed E-state index contributed by atoms with van der Waals surface area (Å²) in [4.78, 5) is 8.05. The van der Waals surface area contributed by atoms with Crippen LogP contribution in [-0.2, 0) is 43.3 Å². The molecule has 10 aromatic rings. The summed E-state index contributed by atoms with van der Waals surface area (Å²) >= 11 is 1.99. The lowest BCUT2D eigenvalue weighted by Gasteiger charge is -2.48. The number of benzene rings is 9. The van der Waals surface area contributed by atoms with Gasteiger partial charge in [-0.25, -0.2) is 0 Å². The summed E-state index contributed by atoms with van der Waals surface area (Å²) in [5, 5.41) is 2.64. The molecule has 3 heterocycles. The maximum atomic E-state index is 2.76. The van der Waals surface area contributed by atoms with Crippen LogP contribution in [0.5, 0.6) is 0 Å². The van der Waals surface area contributed by atoms with Crippen LogP contribution in [-0.4, -0.2) is 6.71 Å². The fourth-order valence-corrected chi connectivity index (χ4v) is 17.5. The fraction of sp³-hybridized carbons (Fsp3) is 0.372. The molecule has 91 heavy (non-hydrogen) atoms. The Labute approximate surface area is 550 Å². The van der Waals surface area contributed by atoms with Gasteiger partial charge in [-0.05, 0) is 214 Å². The van der Waals surface area contributed by atoms with E-state index in [0.717, 1.165) is 42.7 Å². The van der Waals surface area contributed by atoms with Crippen molar-refractivity contribution < 1.29 is 0 Å². The third-order valence-electron chi connectivity index (χ3n) is 22.0. The van der Waals surface area contributed by atoms with Crippen molar-refractivity contribution in [2.24, 2.45) is 0 Å². The summed E-state index contributed by atoms with van der Waals surface area (Å²) in [6.07, 6.45) is 4.58. The summed E-state index contributed by atoms with van der Waals surface area (Å²) < 4.78 is 2.72. The van der Waals surface area contributed by atoms with Gasteiger partial charge in [0.25, 0.3) is 6.71 Å². The van der Waals surface area contributed by atoms with Crippen LogP contribution in [0.1, 0.15) is 209 Å².